The van der Waals surface area contributed by atoms with E-state index in [1.165, 1.54) is 0 Å². The Balaban J connectivity index is 1.41. The fourth-order valence-corrected chi connectivity index (χ4v) is 4.02. The molecule has 7 heteroatoms. The summed E-state index contributed by atoms with van der Waals surface area (Å²) in [5.74, 6) is -0.0565. The van der Waals surface area contributed by atoms with Gasteiger partial charge in [-0.05, 0) is 47.4 Å². The van der Waals surface area contributed by atoms with E-state index in [0.29, 0.717) is 18.5 Å². The Hall–Kier alpha value is -3.87. The van der Waals surface area contributed by atoms with E-state index in [0.717, 1.165) is 27.0 Å². The minimum absolute atomic E-state index is 0.326. The number of rotatable bonds is 7. The average Bonchev–Trinajstić information content (AvgIpc) is 3.02. The SMILES string of the molecule is COc1ccc(CCNC(=O)CN2C(=O)N[C@](C)(c3cccc4ccccc34)C2=O)cc1. The first kappa shape index (κ1) is 21.4. The maximum Gasteiger partial charge on any atom is 0.325 e. The van der Waals surface area contributed by atoms with Gasteiger partial charge in [-0.2, -0.15) is 0 Å². The molecule has 0 saturated carbocycles. The maximum atomic E-state index is 13.2. The minimum atomic E-state index is -1.23. The third-order valence-electron chi connectivity index (χ3n) is 5.80. The van der Waals surface area contributed by atoms with Crippen LogP contribution < -0.4 is 15.4 Å². The number of benzene rings is 3. The number of nitrogens with zero attached hydrogens (tertiary/aromatic N) is 1. The Morgan fingerprint density at radius 3 is 2.50 bits per heavy atom. The summed E-state index contributed by atoms with van der Waals surface area (Å²) >= 11 is 0. The third-order valence-corrected chi connectivity index (χ3v) is 5.80. The highest BCUT2D eigenvalue weighted by Gasteiger charge is 2.50. The fourth-order valence-electron chi connectivity index (χ4n) is 4.02. The van der Waals surface area contributed by atoms with Crippen molar-refractivity contribution in [3.63, 3.8) is 0 Å². The van der Waals surface area contributed by atoms with E-state index in [1.54, 1.807) is 14.0 Å². The average molecular weight is 431 g/mol. The van der Waals surface area contributed by atoms with Crippen LogP contribution in [0.25, 0.3) is 10.8 Å². The van der Waals surface area contributed by atoms with Crippen LogP contribution in [0.1, 0.15) is 18.1 Å². The van der Waals surface area contributed by atoms with Gasteiger partial charge in [-0.15, -0.1) is 0 Å². The Morgan fingerprint density at radius 2 is 1.75 bits per heavy atom. The Morgan fingerprint density at radius 1 is 1.03 bits per heavy atom. The molecule has 1 saturated heterocycles. The summed E-state index contributed by atoms with van der Waals surface area (Å²) in [5, 5.41) is 7.42. The topological polar surface area (TPSA) is 87.7 Å². The molecule has 0 spiro atoms. The van der Waals surface area contributed by atoms with Gasteiger partial charge in [0.2, 0.25) is 5.91 Å². The number of fused-ring (bicyclic) bond motifs is 1. The summed E-state index contributed by atoms with van der Waals surface area (Å²) in [5.41, 5.74) is 0.516. The molecule has 3 aromatic rings. The molecule has 32 heavy (non-hydrogen) atoms. The van der Waals surface area contributed by atoms with E-state index in [9.17, 15) is 14.4 Å². The number of amides is 4. The van der Waals surface area contributed by atoms with Gasteiger partial charge >= 0.3 is 6.03 Å². The summed E-state index contributed by atoms with van der Waals surface area (Å²) in [4.78, 5) is 39.2. The predicted molar refractivity (Wildman–Crippen MR) is 121 cm³/mol. The number of carbonyl (C=O) groups is 3. The smallest absolute Gasteiger partial charge is 0.325 e. The number of nitrogens with one attached hydrogen (secondary N) is 2. The zero-order valence-electron chi connectivity index (χ0n) is 18.1. The molecule has 1 aliphatic rings. The number of hydrogen-bond acceptors (Lipinski definition) is 4. The van der Waals surface area contributed by atoms with Crippen LogP contribution in [0.3, 0.4) is 0 Å². The number of imide groups is 1. The van der Waals surface area contributed by atoms with Gasteiger partial charge in [0.1, 0.15) is 17.8 Å². The molecule has 0 aromatic heterocycles. The number of methoxy groups -OCH3 is 1. The van der Waals surface area contributed by atoms with Crippen molar-refractivity contribution < 1.29 is 19.1 Å². The van der Waals surface area contributed by atoms with Crippen molar-refractivity contribution >= 4 is 28.6 Å². The van der Waals surface area contributed by atoms with E-state index in [-0.39, 0.29) is 12.5 Å². The lowest BCUT2D eigenvalue weighted by atomic mass is 9.88. The van der Waals surface area contributed by atoms with E-state index in [2.05, 4.69) is 10.6 Å². The lowest BCUT2D eigenvalue weighted by molar-refractivity contribution is -0.134. The second-order valence-electron chi connectivity index (χ2n) is 7.92. The first-order chi connectivity index (χ1) is 15.4. The standard InChI is InChI=1S/C25H25N3O4/c1-25(21-9-5-7-18-6-3-4-8-20(18)21)23(30)28(24(31)27-25)16-22(29)26-15-14-17-10-12-19(32-2)13-11-17/h3-13H,14-16H2,1-2H3,(H,26,29)(H,27,31)/t25-/m1/s1. The molecule has 4 amide bonds. The van der Waals surface area contributed by atoms with Crippen molar-refractivity contribution in [2.75, 3.05) is 20.2 Å². The van der Waals surface area contributed by atoms with Gasteiger partial charge in [0, 0.05) is 6.54 Å². The zero-order valence-corrected chi connectivity index (χ0v) is 18.1. The summed E-state index contributed by atoms with van der Waals surface area (Å²) in [6.07, 6.45) is 0.629. The fraction of sp³-hybridized carbons (Fsp3) is 0.240. The number of urea groups is 1. The zero-order chi connectivity index (χ0) is 22.7. The van der Waals surface area contributed by atoms with Crippen LogP contribution in [-0.2, 0) is 21.5 Å². The molecule has 1 aliphatic heterocycles. The molecule has 1 fully saturated rings. The van der Waals surface area contributed by atoms with Crippen LogP contribution in [0.4, 0.5) is 4.79 Å². The van der Waals surface area contributed by atoms with E-state index < -0.39 is 17.5 Å². The van der Waals surface area contributed by atoms with Gasteiger partial charge in [0.25, 0.3) is 5.91 Å². The molecule has 3 aromatic carbocycles. The van der Waals surface area contributed by atoms with Gasteiger partial charge in [-0.1, -0.05) is 54.6 Å². The monoisotopic (exact) mass is 431 g/mol. The third kappa shape index (κ3) is 4.01. The van der Waals surface area contributed by atoms with E-state index in [4.69, 9.17) is 4.74 Å². The van der Waals surface area contributed by atoms with Crippen LogP contribution in [0.5, 0.6) is 5.75 Å². The molecule has 0 radical (unpaired) electrons. The molecule has 4 rings (SSSR count). The van der Waals surface area contributed by atoms with Crippen molar-refractivity contribution in [1.82, 2.24) is 15.5 Å². The highest BCUT2D eigenvalue weighted by molar-refractivity contribution is 6.10. The second kappa shape index (κ2) is 8.70. The quantitative estimate of drug-likeness (QED) is 0.563. The molecule has 164 valence electrons. The molecule has 0 aliphatic carbocycles. The van der Waals surface area contributed by atoms with Crippen molar-refractivity contribution in [2.45, 2.75) is 18.9 Å². The molecule has 2 N–H and O–H groups in total. The lowest BCUT2D eigenvalue weighted by Gasteiger charge is -2.24. The normalized spacial score (nSPS) is 18.0. The van der Waals surface area contributed by atoms with Crippen LogP contribution in [-0.4, -0.2) is 42.9 Å². The van der Waals surface area contributed by atoms with Crippen molar-refractivity contribution in [2.24, 2.45) is 0 Å². The predicted octanol–water partition coefficient (Wildman–Crippen LogP) is 2.97. The van der Waals surface area contributed by atoms with Crippen molar-refractivity contribution in [1.29, 1.82) is 0 Å². The minimum Gasteiger partial charge on any atom is -0.497 e. The summed E-state index contributed by atoms with van der Waals surface area (Å²) < 4.78 is 5.13. The molecule has 1 atom stereocenters. The number of carbonyl (C=O) groups excluding carboxylic acids is 3. The summed E-state index contributed by atoms with van der Waals surface area (Å²) in [6.45, 7) is 1.75. The molecule has 1 heterocycles. The Bertz CT molecular complexity index is 1170. The van der Waals surface area contributed by atoms with E-state index in [1.807, 2.05) is 66.7 Å². The van der Waals surface area contributed by atoms with Crippen molar-refractivity contribution in [3.05, 3.63) is 77.9 Å². The summed E-state index contributed by atoms with van der Waals surface area (Å²) in [6, 6.07) is 20.3. The first-order valence-corrected chi connectivity index (χ1v) is 10.4. The van der Waals surface area contributed by atoms with Gasteiger partial charge in [0.05, 0.1) is 7.11 Å². The maximum absolute atomic E-state index is 13.2. The van der Waals surface area contributed by atoms with Crippen LogP contribution >= 0.6 is 0 Å². The second-order valence-corrected chi connectivity index (χ2v) is 7.92. The highest BCUT2D eigenvalue weighted by atomic mass is 16.5. The van der Waals surface area contributed by atoms with Crippen LogP contribution in [0.15, 0.2) is 66.7 Å². The largest absolute Gasteiger partial charge is 0.497 e. The first-order valence-electron chi connectivity index (χ1n) is 10.4. The molecule has 0 bridgehead atoms. The highest BCUT2D eigenvalue weighted by Crippen LogP contribution is 2.33. The van der Waals surface area contributed by atoms with Gasteiger partial charge in [0.15, 0.2) is 0 Å². The van der Waals surface area contributed by atoms with Gasteiger partial charge < -0.3 is 15.4 Å². The number of hydrogen-bond donors (Lipinski definition) is 2. The number of ether oxygens (including phenoxy) is 1. The van der Waals surface area contributed by atoms with Gasteiger partial charge in [-0.3, -0.25) is 14.5 Å². The van der Waals surface area contributed by atoms with Crippen LogP contribution in [0, 0.1) is 0 Å². The molecular formula is C25H25N3O4. The molecule has 7 nitrogen and oxygen atoms in total. The van der Waals surface area contributed by atoms with Crippen molar-refractivity contribution in [3.8, 4) is 5.75 Å². The summed E-state index contributed by atoms with van der Waals surface area (Å²) in [7, 11) is 1.61. The lowest BCUT2D eigenvalue weighted by Crippen LogP contribution is -2.43. The molecule has 0 unspecified atom stereocenters. The Kier molecular flexibility index (Phi) is 5.81. The van der Waals surface area contributed by atoms with Gasteiger partial charge in [-0.25, -0.2) is 4.79 Å². The van der Waals surface area contributed by atoms with Crippen LogP contribution in [0.2, 0.25) is 0 Å². The Labute approximate surface area is 186 Å². The molecular weight excluding hydrogens is 406 g/mol. The van der Waals surface area contributed by atoms with E-state index >= 15 is 0 Å².